The predicted octanol–water partition coefficient (Wildman–Crippen LogP) is 3.28. The number of hydrogen-bond donors (Lipinski definition) is 2. The minimum Gasteiger partial charge on any atom is -0.508 e. The molecule has 0 spiro atoms. The Morgan fingerprint density at radius 3 is 2.78 bits per heavy atom. The van der Waals surface area contributed by atoms with Gasteiger partial charge in [0.05, 0.1) is 7.11 Å². The number of aromatic hydroxyl groups is 1. The van der Waals surface area contributed by atoms with Gasteiger partial charge in [-0.25, -0.2) is 0 Å². The second-order valence-electron chi connectivity index (χ2n) is 3.83. The lowest BCUT2D eigenvalue weighted by molar-refractivity contribution is 0.405. The van der Waals surface area contributed by atoms with Crippen LogP contribution in [0.1, 0.15) is 5.56 Å². The van der Waals surface area contributed by atoms with Crippen LogP contribution in [-0.4, -0.2) is 12.2 Å². The molecule has 0 bridgehead atoms. The highest BCUT2D eigenvalue weighted by Crippen LogP contribution is 2.33. The number of rotatable bonds is 4. The number of anilines is 1. The molecule has 3 N–H and O–H groups in total. The predicted molar refractivity (Wildman–Crippen MR) is 75.1 cm³/mol. The van der Waals surface area contributed by atoms with Crippen LogP contribution >= 0.6 is 11.8 Å². The van der Waals surface area contributed by atoms with Crippen LogP contribution in [-0.2, 0) is 5.75 Å². The third-order valence-electron chi connectivity index (χ3n) is 2.56. The highest BCUT2D eigenvalue weighted by Gasteiger charge is 2.06. The minimum atomic E-state index is 0.270. The molecule has 18 heavy (non-hydrogen) atoms. The molecule has 0 aliphatic rings. The van der Waals surface area contributed by atoms with E-state index in [-0.39, 0.29) is 5.75 Å². The summed E-state index contributed by atoms with van der Waals surface area (Å²) in [7, 11) is 1.65. The van der Waals surface area contributed by atoms with Gasteiger partial charge >= 0.3 is 0 Å². The first kappa shape index (κ1) is 12.6. The monoisotopic (exact) mass is 261 g/mol. The maximum Gasteiger partial charge on any atom is 0.132 e. The summed E-state index contributed by atoms with van der Waals surface area (Å²) in [6.07, 6.45) is 0. The van der Waals surface area contributed by atoms with Crippen molar-refractivity contribution in [2.45, 2.75) is 10.6 Å². The quantitative estimate of drug-likeness (QED) is 0.504. The average molecular weight is 261 g/mol. The standard InChI is InChI=1S/C14H15NO2S/c1-17-13-4-2-3-5-14(13)18-9-10-8-11(15)6-7-12(10)16/h2-8,16H,9,15H2,1H3. The summed E-state index contributed by atoms with van der Waals surface area (Å²) in [6, 6.07) is 12.9. The van der Waals surface area contributed by atoms with Crippen molar-refractivity contribution in [2.75, 3.05) is 12.8 Å². The number of hydrogen-bond acceptors (Lipinski definition) is 4. The van der Waals surface area contributed by atoms with E-state index in [0.29, 0.717) is 11.4 Å². The first-order chi connectivity index (χ1) is 8.70. The Bertz CT molecular complexity index is 543. The molecule has 0 saturated heterocycles. The molecule has 0 radical (unpaired) electrons. The second kappa shape index (κ2) is 5.69. The fraction of sp³-hybridized carbons (Fsp3) is 0.143. The third-order valence-corrected chi connectivity index (χ3v) is 3.66. The number of phenols is 1. The molecule has 2 aromatic carbocycles. The third kappa shape index (κ3) is 2.90. The van der Waals surface area contributed by atoms with Crippen LogP contribution in [0.3, 0.4) is 0 Å². The summed E-state index contributed by atoms with van der Waals surface area (Å²) in [5.41, 5.74) is 7.19. The van der Waals surface area contributed by atoms with E-state index >= 15 is 0 Å². The number of methoxy groups -OCH3 is 1. The van der Waals surface area contributed by atoms with Gasteiger partial charge in [-0.1, -0.05) is 12.1 Å². The van der Waals surface area contributed by atoms with Gasteiger partial charge in [0, 0.05) is 21.9 Å². The van der Waals surface area contributed by atoms with Crippen molar-refractivity contribution < 1.29 is 9.84 Å². The van der Waals surface area contributed by atoms with E-state index in [9.17, 15) is 5.11 Å². The van der Waals surface area contributed by atoms with Crippen LogP contribution < -0.4 is 10.5 Å². The van der Waals surface area contributed by atoms with E-state index in [1.165, 1.54) is 0 Å². The number of ether oxygens (including phenoxy) is 1. The minimum absolute atomic E-state index is 0.270. The fourth-order valence-electron chi connectivity index (χ4n) is 1.61. The maximum atomic E-state index is 9.74. The van der Waals surface area contributed by atoms with E-state index in [1.54, 1.807) is 37.1 Å². The second-order valence-corrected chi connectivity index (χ2v) is 4.84. The van der Waals surface area contributed by atoms with Crippen molar-refractivity contribution in [3.8, 4) is 11.5 Å². The van der Waals surface area contributed by atoms with Crippen LogP contribution in [0.4, 0.5) is 5.69 Å². The highest BCUT2D eigenvalue weighted by atomic mass is 32.2. The molecule has 2 aromatic rings. The SMILES string of the molecule is COc1ccccc1SCc1cc(N)ccc1O. The number of thioether (sulfide) groups is 1. The normalized spacial score (nSPS) is 10.3. The lowest BCUT2D eigenvalue weighted by Crippen LogP contribution is -1.89. The van der Waals surface area contributed by atoms with Crippen molar-refractivity contribution in [1.29, 1.82) is 0 Å². The van der Waals surface area contributed by atoms with E-state index < -0.39 is 0 Å². The van der Waals surface area contributed by atoms with Crippen molar-refractivity contribution in [3.05, 3.63) is 48.0 Å². The van der Waals surface area contributed by atoms with E-state index in [1.807, 2.05) is 24.3 Å². The van der Waals surface area contributed by atoms with Gasteiger partial charge in [0.15, 0.2) is 0 Å². The summed E-state index contributed by atoms with van der Waals surface area (Å²) in [5.74, 6) is 1.76. The zero-order valence-corrected chi connectivity index (χ0v) is 10.9. The number of para-hydroxylation sites is 1. The number of benzene rings is 2. The van der Waals surface area contributed by atoms with Crippen LogP contribution in [0.25, 0.3) is 0 Å². The molecular formula is C14H15NO2S. The summed E-state index contributed by atoms with van der Waals surface area (Å²) in [6.45, 7) is 0. The molecule has 0 saturated carbocycles. The Hall–Kier alpha value is -1.81. The summed E-state index contributed by atoms with van der Waals surface area (Å²) in [5, 5.41) is 9.74. The molecule has 4 heteroatoms. The van der Waals surface area contributed by atoms with Gasteiger partial charge in [0.2, 0.25) is 0 Å². The zero-order chi connectivity index (χ0) is 13.0. The van der Waals surface area contributed by atoms with Crippen LogP contribution in [0, 0.1) is 0 Å². The average Bonchev–Trinajstić information content (AvgIpc) is 2.40. The van der Waals surface area contributed by atoms with Crippen molar-refractivity contribution in [1.82, 2.24) is 0 Å². The van der Waals surface area contributed by atoms with Crippen LogP contribution in [0.5, 0.6) is 11.5 Å². The summed E-state index contributed by atoms with van der Waals surface area (Å²) < 4.78 is 5.28. The van der Waals surface area contributed by atoms with E-state index in [4.69, 9.17) is 10.5 Å². The first-order valence-electron chi connectivity index (χ1n) is 5.54. The largest absolute Gasteiger partial charge is 0.508 e. The van der Waals surface area contributed by atoms with Crippen LogP contribution in [0.15, 0.2) is 47.4 Å². The van der Waals surface area contributed by atoms with Gasteiger partial charge in [0.25, 0.3) is 0 Å². The fourth-order valence-corrected chi connectivity index (χ4v) is 2.63. The van der Waals surface area contributed by atoms with Crippen molar-refractivity contribution in [2.24, 2.45) is 0 Å². The molecular weight excluding hydrogens is 246 g/mol. The number of phenolic OH excluding ortho intramolecular Hbond substituents is 1. The Morgan fingerprint density at radius 2 is 2.00 bits per heavy atom. The molecule has 0 atom stereocenters. The molecule has 0 aliphatic carbocycles. The van der Waals surface area contributed by atoms with E-state index in [0.717, 1.165) is 16.2 Å². The molecule has 0 unspecified atom stereocenters. The van der Waals surface area contributed by atoms with Gasteiger partial charge in [-0.3, -0.25) is 0 Å². The smallest absolute Gasteiger partial charge is 0.132 e. The molecule has 0 heterocycles. The molecule has 0 amide bonds. The lowest BCUT2D eigenvalue weighted by atomic mass is 10.2. The summed E-state index contributed by atoms with van der Waals surface area (Å²) >= 11 is 1.61. The Labute approximate surface area is 111 Å². The molecule has 3 nitrogen and oxygen atoms in total. The number of nitrogens with two attached hydrogens (primary N) is 1. The lowest BCUT2D eigenvalue weighted by Gasteiger charge is -2.09. The van der Waals surface area contributed by atoms with Gasteiger partial charge in [0.1, 0.15) is 11.5 Å². The van der Waals surface area contributed by atoms with Gasteiger partial charge < -0.3 is 15.6 Å². The van der Waals surface area contributed by atoms with Crippen molar-refractivity contribution in [3.63, 3.8) is 0 Å². The topological polar surface area (TPSA) is 55.5 Å². The zero-order valence-electron chi connectivity index (χ0n) is 10.1. The number of nitrogen functional groups attached to an aromatic ring is 1. The summed E-state index contributed by atoms with van der Waals surface area (Å²) in [4.78, 5) is 1.04. The van der Waals surface area contributed by atoms with Crippen LogP contribution in [0.2, 0.25) is 0 Å². The maximum absolute atomic E-state index is 9.74. The Kier molecular flexibility index (Phi) is 3.99. The van der Waals surface area contributed by atoms with Gasteiger partial charge in [-0.2, -0.15) is 0 Å². The first-order valence-corrected chi connectivity index (χ1v) is 6.52. The molecule has 0 fully saturated rings. The molecule has 2 rings (SSSR count). The molecule has 0 aromatic heterocycles. The molecule has 94 valence electrons. The van der Waals surface area contributed by atoms with Crippen molar-refractivity contribution >= 4 is 17.4 Å². The highest BCUT2D eigenvalue weighted by molar-refractivity contribution is 7.98. The van der Waals surface area contributed by atoms with E-state index in [2.05, 4.69) is 0 Å². The van der Waals surface area contributed by atoms with Gasteiger partial charge in [-0.15, -0.1) is 11.8 Å². The molecule has 0 aliphatic heterocycles. The Balaban J connectivity index is 2.14. The van der Waals surface area contributed by atoms with Gasteiger partial charge in [-0.05, 0) is 30.3 Å². The Morgan fingerprint density at radius 1 is 1.22 bits per heavy atom.